The molecule has 11 heavy (non-hydrogen) atoms. The molecular weight excluding hydrogens is 164 g/mol. The van der Waals surface area contributed by atoms with E-state index in [1.165, 1.54) is 6.26 Å². The van der Waals surface area contributed by atoms with Crippen LogP contribution in [0.3, 0.4) is 0 Å². The molecule has 0 amide bonds. The highest BCUT2D eigenvalue weighted by atomic mass is 32.2. The minimum absolute atomic E-state index is 0.0694. The Labute approximate surface area is 67.2 Å². The first-order valence-electron chi connectivity index (χ1n) is 3.70. The van der Waals surface area contributed by atoms with Crippen molar-refractivity contribution in [2.75, 3.05) is 6.26 Å². The van der Waals surface area contributed by atoms with Crippen LogP contribution >= 0.6 is 0 Å². The molecule has 1 aliphatic carbocycles. The third kappa shape index (κ3) is 3.18. The second-order valence-corrected chi connectivity index (χ2v) is 4.94. The van der Waals surface area contributed by atoms with Crippen LogP contribution in [0.1, 0.15) is 19.3 Å². The van der Waals surface area contributed by atoms with E-state index in [0.29, 0.717) is 0 Å². The largest absolute Gasteiger partial charge is 0.328 e. The van der Waals surface area contributed by atoms with Gasteiger partial charge in [-0.15, -0.1) is 0 Å². The summed E-state index contributed by atoms with van der Waals surface area (Å²) in [5, 5.41) is 0. The monoisotopic (exact) mass is 178 g/mol. The highest BCUT2D eigenvalue weighted by Crippen LogP contribution is 2.17. The van der Waals surface area contributed by atoms with Crippen LogP contribution in [-0.4, -0.2) is 26.8 Å². The molecule has 0 aromatic rings. The van der Waals surface area contributed by atoms with Crippen LogP contribution in [0.5, 0.6) is 0 Å². The van der Waals surface area contributed by atoms with Gasteiger partial charge in [-0.25, -0.2) is 13.1 Å². The molecule has 0 radical (unpaired) electrons. The van der Waals surface area contributed by atoms with Crippen LogP contribution in [0, 0.1) is 0 Å². The van der Waals surface area contributed by atoms with Crippen molar-refractivity contribution in [2.45, 2.75) is 31.3 Å². The van der Waals surface area contributed by atoms with Gasteiger partial charge in [0.2, 0.25) is 10.0 Å². The van der Waals surface area contributed by atoms with Crippen molar-refractivity contribution in [3.8, 4) is 0 Å². The molecule has 4 nitrogen and oxygen atoms in total. The lowest BCUT2D eigenvalue weighted by molar-refractivity contribution is 0.554. The van der Waals surface area contributed by atoms with E-state index in [1.54, 1.807) is 0 Å². The van der Waals surface area contributed by atoms with Crippen LogP contribution in [0.4, 0.5) is 0 Å². The summed E-state index contributed by atoms with van der Waals surface area (Å²) in [5.41, 5.74) is 5.61. The van der Waals surface area contributed by atoms with Crippen LogP contribution < -0.4 is 10.5 Å². The van der Waals surface area contributed by atoms with Crippen LogP contribution in [0.15, 0.2) is 0 Å². The van der Waals surface area contributed by atoms with E-state index in [1.807, 2.05) is 0 Å². The van der Waals surface area contributed by atoms with Gasteiger partial charge in [0.15, 0.2) is 0 Å². The van der Waals surface area contributed by atoms with E-state index < -0.39 is 10.0 Å². The first-order chi connectivity index (χ1) is 4.97. The first-order valence-corrected chi connectivity index (χ1v) is 5.59. The maximum absolute atomic E-state index is 10.7. The molecule has 0 spiro atoms. The van der Waals surface area contributed by atoms with E-state index in [4.69, 9.17) is 5.73 Å². The van der Waals surface area contributed by atoms with Crippen molar-refractivity contribution in [2.24, 2.45) is 5.73 Å². The van der Waals surface area contributed by atoms with Crippen molar-refractivity contribution in [1.29, 1.82) is 0 Å². The smallest absolute Gasteiger partial charge is 0.208 e. The molecule has 1 fully saturated rings. The minimum Gasteiger partial charge on any atom is -0.328 e. The fourth-order valence-corrected chi connectivity index (χ4v) is 2.25. The Balaban J connectivity index is 2.41. The predicted molar refractivity (Wildman–Crippen MR) is 43.6 cm³/mol. The SMILES string of the molecule is CS(=O)(=O)N[C@@H]1CC[C@@H](N)C1. The lowest BCUT2D eigenvalue weighted by Crippen LogP contribution is -2.33. The van der Waals surface area contributed by atoms with E-state index >= 15 is 0 Å². The third-order valence-electron chi connectivity index (χ3n) is 1.85. The van der Waals surface area contributed by atoms with Gasteiger partial charge < -0.3 is 5.73 Å². The predicted octanol–water partition coefficient (Wildman–Crippen LogP) is -0.585. The normalized spacial score (nSPS) is 32.5. The lowest BCUT2D eigenvalue weighted by Gasteiger charge is -2.08. The highest BCUT2D eigenvalue weighted by Gasteiger charge is 2.23. The van der Waals surface area contributed by atoms with Crippen molar-refractivity contribution < 1.29 is 8.42 Å². The lowest BCUT2D eigenvalue weighted by atomic mass is 10.2. The van der Waals surface area contributed by atoms with Gasteiger partial charge in [0.05, 0.1) is 6.26 Å². The van der Waals surface area contributed by atoms with Gasteiger partial charge in [-0.3, -0.25) is 0 Å². The number of nitrogens with one attached hydrogen (secondary N) is 1. The van der Waals surface area contributed by atoms with E-state index in [-0.39, 0.29) is 12.1 Å². The molecule has 3 N–H and O–H groups in total. The Kier molecular flexibility index (Phi) is 2.51. The van der Waals surface area contributed by atoms with Crippen molar-refractivity contribution in [1.82, 2.24) is 4.72 Å². The Morgan fingerprint density at radius 3 is 2.45 bits per heavy atom. The minimum atomic E-state index is -3.04. The summed E-state index contributed by atoms with van der Waals surface area (Å²) >= 11 is 0. The Bertz CT molecular complexity index is 225. The molecule has 66 valence electrons. The summed E-state index contributed by atoms with van der Waals surface area (Å²) < 4.78 is 24.0. The fourth-order valence-electron chi connectivity index (χ4n) is 1.43. The number of rotatable bonds is 2. The molecule has 0 heterocycles. The molecule has 0 aromatic heterocycles. The number of hydrogen-bond acceptors (Lipinski definition) is 3. The molecular formula is C6H14N2O2S. The maximum atomic E-state index is 10.7. The van der Waals surface area contributed by atoms with E-state index in [9.17, 15) is 8.42 Å². The first kappa shape index (κ1) is 8.96. The molecule has 0 unspecified atom stereocenters. The van der Waals surface area contributed by atoms with Gasteiger partial charge in [-0.05, 0) is 19.3 Å². The summed E-state index contributed by atoms with van der Waals surface area (Å²) in [7, 11) is -3.04. The molecule has 2 atom stereocenters. The molecule has 5 heteroatoms. The van der Waals surface area contributed by atoms with Crippen LogP contribution in [-0.2, 0) is 10.0 Å². The van der Waals surface area contributed by atoms with Crippen molar-refractivity contribution in [3.63, 3.8) is 0 Å². The molecule has 1 aliphatic rings. The zero-order valence-electron chi connectivity index (χ0n) is 6.58. The summed E-state index contributed by atoms with van der Waals surface area (Å²) in [6, 6.07) is 0.245. The molecule has 1 rings (SSSR count). The molecule has 1 saturated carbocycles. The van der Waals surface area contributed by atoms with Crippen molar-refractivity contribution >= 4 is 10.0 Å². The summed E-state index contributed by atoms with van der Waals surface area (Å²) in [5.74, 6) is 0. The van der Waals surface area contributed by atoms with Gasteiger partial charge in [0.25, 0.3) is 0 Å². The van der Waals surface area contributed by atoms with Gasteiger partial charge in [-0.2, -0.15) is 0 Å². The molecule has 0 aromatic carbocycles. The Morgan fingerprint density at radius 2 is 2.09 bits per heavy atom. The van der Waals surface area contributed by atoms with Crippen LogP contribution in [0.25, 0.3) is 0 Å². The number of nitrogens with two attached hydrogens (primary N) is 1. The standard InChI is InChI=1S/C6H14N2O2S/c1-11(9,10)8-6-3-2-5(7)4-6/h5-6,8H,2-4,7H2,1H3/t5-,6-/m1/s1. The quantitative estimate of drug-likeness (QED) is 0.594. The molecule has 0 saturated heterocycles. The zero-order chi connectivity index (χ0) is 8.48. The molecule has 0 aliphatic heterocycles. The van der Waals surface area contributed by atoms with Gasteiger partial charge in [0, 0.05) is 12.1 Å². The average Bonchev–Trinajstić information content (AvgIpc) is 2.10. The van der Waals surface area contributed by atoms with E-state index in [2.05, 4.69) is 4.72 Å². The maximum Gasteiger partial charge on any atom is 0.208 e. The summed E-state index contributed by atoms with van der Waals surface area (Å²) in [4.78, 5) is 0. The highest BCUT2D eigenvalue weighted by molar-refractivity contribution is 7.88. The Morgan fingerprint density at radius 1 is 1.45 bits per heavy atom. The molecule has 0 bridgehead atoms. The third-order valence-corrected chi connectivity index (χ3v) is 2.62. The number of sulfonamides is 1. The fraction of sp³-hybridized carbons (Fsp3) is 1.00. The zero-order valence-corrected chi connectivity index (χ0v) is 7.39. The average molecular weight is 178 g/mol. The summed E-state index contributed by atoms with van der Waals surface area (Å²) in [6.45, 7) is 0. The number of hydrogen-bond donors (Lipinski definition) is 2. The topological polar surface area (TPSA) is 72.2 Å². The second kappa shape index (κ2) is 3.08. The summed E-state index contributed by atoms with van der Waals surface area (Å²) in [6.07, 6.45) is 3.74. The Hall–Kier alpha value is -0.130. The van der Waals surface area contributed by atoms with Crippen molar-refractivity contribution in [3.05, 3.63) is 0 Å². The van der Waals surface area contributed by atoms with Gasteiger partial charge in [-0.1, -0.05) is 0 Å². The van der Waals surface area contributed by atoms with Crippen LogP contribution in [0.2, 0.25) is 0 Å². The second-order valence-electron chi connectivity index (χ2n) is 3.16. The van der Waals surface area contributed by atoms with Gasteiger partial charge in [0.1, 0.15) is 0 Å². The van der Waals surface area contributed by atoms with Gasteiger partial charge >= 0.3 is 0 Å². The van der Waals surface area contributed by atoms with E-state index in [0.717, 1.165) is 19.3 Å².